The maximum absolute atomic E-state index is 12.0. The number of hydrogen-bond acceptors (Lipinski definition) is 2. The molecule has 1 unspecified atom stereocenters. The molecule has 0 aromatic carbocycles. The van der Waals surface area contributed by atoms with Crippen molar-refractivity contribution in [1.82, 2.24) is 4.90 Å². The number of piperidine rings is 1. The summed E-state index contributed by atoms with van der Waals surface area (Å²) in [5.41, 5.74) is 0. The molecule has 1 saturated heterocycles. The largest absolute Gasteiger partial charge is 0.342 e. The average molecular weight is 208 g/mol. The molecule has 0 aromatic rings. The fourth-order valence-corrected chi connectivity index (χ4v) is 1.80. The highest BCUT2D eigenvalue weighted by molar-refractivity contribution is 5.78. The fourth-order valence-electron chi connectivity index (χ4n) is 1.80. The van der Waals surface area contributed by atoms with E-state index >= 15 is 0 Å². The van der Waals surface area contributed by atoms with Gasteiger partial charge in [0.2, 0.25) is 5.91 Å². The lowest BCUT2D eigenvalue weighted by atomic mass is 9.93. The van der Waals surface area contributed by atoms with Crippen LogP contribution in [-0.2, 0) is 4.79 Å². The molecule has 3 heteroatoms. The quantitative estimate of drug-likeness (QED) is 0.697. The van der Waals surface area contributed by atoms with Gasteiger partial charge in [0.1, 0.15) is 0 Å². The Morgan fingerprint density at radius 3 is 2.27 bits per heavy atom. The van der Waals surface area contributed by atoms with E-state index in [9.17, 15) is 4.79 Å². The van der Waals surface area contributed by atoms with Crippen LogP contribution in [0.1, 0.15) is 33.6 Å². The minimum atomic E-state index is 0.101. The van der Waals surface area contributed by atoms with Crippen LogP contribution in [-0.4, -0.2) is 23.9 Å². The molecular formula is C12H20N2O. The van der Waals surface area contributed by atoms with Crippen molar-refractivity contribution in [3.05, 3.63) is 0 Å². The molecular weight excluding hydrogens is 188 g/mol. The van der Waals surface area contributed by atoms with Crippen LogP contribution >= 0.6 is 0 Å². The number of nitrogens with zero attached hydrogens (tertiary/aromatic N) is 2. The molecule has 1 fully saturated rings. The normalized spacial score (nSPS) is 20.1. The third-order valence-corrected chi connectivity index (χ3v) is 3.38. The monoisotopic (exact) mass is 208 g/mol. The van der Waals surface area contributed by atoms with Gasteiger partial charge in [-0.1, -0.05) is 20.8 Å². The molecule has 0 aromatic heterocycles. The third-order valence-electron chi connectivity index (χ3n) is 3.38. The molecule has 0 radical (unpaired) electrons. The lowest BCUT2D eigenvalue weighted by Gasteiger charge is -2.32. The topological polar surface area (TPSA) is 44.1 Å². The lowest BCUT2D eigenvalue weighted by molar-refractivity contribution is -0.137. The summed E-state index contributed by atoms with van der Waals surface area (Å²) in [6.45, 7) is 7.65. The average Bonchev–Trinajstić information content (AvgIpc) is 2.27. The van der Waals surface area contributed by atoms with Gasteiger partial charge >= 0.3 is 0 Å². The third kappa shape index (κ3) is 2.95. The van der Waals surface area contributed by atoms with Crippen molar-refractivity contribution >= 4 is 5.91 Å². The second-order valence-electron chi connectivity index (χ2n) is 4.76. The van der Waals surface area contributed by atoms with Gasteiger partial charge in [-0.25, -0.2) is 0 Å². The van der Waals surface area contributed by atoms with Crippen molar-refractivity contribution < 1.29 is 4.79 Å². The Balaban J connectivity index is 2.47. The highest BCUT2D eigenvalue weighted by Gasteiger charge is 2.26. The van der Waals surface area contributed by atoms with E-state index in [0.717, 1.165) is 25.9 Å². The molecule has 0 aliphatic carbocycles. The number of rotatable bonds is 2. The van der Waals surface area contributed by atoms with E-state index in [1.54, 1.807) is 0 Å². The van der Waals surface area contributed by atoms with Crippen molar-refractivity contribution in [2.45, 2.75) is 33.6 Å². The molecule has 0 saturated carbocycles. The Morgan fingerprint density at radius 1 is 1.33 bits per heavy atom. The van der Waals surface area contributed by atoms with Gasteiger partial charge in [0.05, 0.1) is 6.07 Å². The molecule has 1 amide bonds. The van der Waals surface area contributed by atoms with Crippen LogP contribution in [0.5, 0.6) is 0 Å². The van der Waals surface area contributed by atoms with Crippen LogP contribution < -0.4 is 0 Å². The van der Waals surface area contributed by atoms with Crippen molar-refractivity contribution in [3.63, 3.8) is 0 Å². The Bertz CT molecular complexity index is 259. The Labute approximate surface area is 92.1 Å². The maximum atomic E-state index is 12.0. The van der Waals surface area contributed by atoms with Crippen molar-refractivity contribution in [2.75, 3.05) is 13.1 Å². The number of likely N-dealkylation sites (tertiary alicyclic amines) is 1. The Morgan fingerprint density at radius 2 is 1.87 bits per heavy atom. The van der Waals surface area contributed by atoms with Gasteiger partial charge in [-0.15, -0.1) is 0 Å². The summed E-state index contributed by atoms with van der Waals surface area (Å²) >= 11 is 0. The van der Waals surface area contributed by atoms with Gasteiger partial charge < -0.3 is 4.90 Å². The second kappa shape index (κ2) is 5.16. The molecule has 1 aliphatic heterocycles. The Hall–Kier alpha value is -1.04. The van der Waals surface area contributed by atoms with Gasteiger partial charge in [-0.05, 0) is 18.8 Å². The molecule has 1 aliphatic rings. The summed E-state index contributed by atoms with van der Waals surface area (Å²) in [4.78, 5) is 13.9. The first-order valence-electron chi connectivity index (χ1n) is 5.74. The predicted molar refractivity (Wildman–Crippen MR) is 58.9 cm³/mol. The summed E-state index contributed by atoms with van der Waals surface area (Å²) < 4.78 is 0. The summed E-state index contributed by atoms with van der Waals surface area (Å²) in [5.74, 6) is 0.902. The molecule has 0 N–H and O–H groups in total. The number of carbonyl (C=O) groups excluding carboxylic acids is 1. The number of hydrogen-bond donors (Lipinski definition) is 0. The summed E-state index contributed by atoms with van der Waals surface area (Å²) in [5, 5.41) is 8.76. The maximum Gasteiger partial charge on any atom is 0.225 e. The van der Waals surface area contributed by atoms with Crippen LogP contribution in [0.4, 0.5) is 0 Å². The van der Waals surface area contributed by atoms with Gasteiger partial charge in [0.15, 0.2) is 0 Å². The van der Waals surface area contributed by atoms with Crippen molar-refractivity contribution in [1.29, 1.82) is 5.26 Å². The van der Waals surface area contributed by atoms with E-state index in [-0.39, 0.29) is 17.7 Å². The molecule has 0 bridgehead atoms. The highest BCUT2D eigenvalue weighted by atomic mass is 16.2. The van der Waals surface area contributed by atoms with Gasteiger partial charge in [-0.2, -0.15) is 5.26 Å². The van der Waals surface area contributed by atoms with E-state index in [1.807, 2.05) is 11.8 Å². The first-order chi connectivity index (χ1) is 7.06. The van der Waals surface area contributed by atoms with Crippen LogP contribution in [0.3, 0.4) is 0 Å². The molecule has 1 heterocycles. The van der Waals surface area contributed by atoms with E-state index < -0.39 is 0 Å². The zero-order valence-corrected chi connectivity index (χ0v) is 9.86. The number of carbonyl (C=O) groups is 1. The summed E-state index contributed by atoms with van der Waals surface area (Å²) in [7, 11) is 0. The number of nitriles is 1. The van der Waals surface area contributed by atoms with Crippen LogP contribution in [0.15, 0.2) is 0 Å². The Kier molecular flexibility index (Phi) is 4.14. The van der Waals surface area contributed by atoms with Gasteiger partial charge in [-0.3, -0.25) is 4.79 Å². The zero-order chi connectivity index (χ0) is 11.4. The summed E-state index contributed by atoms with van der Waals surface area (Å²) in [6, 6.07) is 2.28. The van der Waals surface area contributed by atoms with Crippen molar-refractivity contribution in [3.8, 4) is 6.07 Å². The molecule has 1 rings (SSSR count). The van der Waals surface area contributed by atoms with E-state index in [4.69, 9.17) is 5.26 Å². The number of amides is 1. The minimum Gasteiger partial charge on any atom is -0.342 e. The zero-order valence-electron chi connectivity index (χ0n) is 9.86. The van der Waals surface area contributed by atoms with Gasteiger partial charge in [0, 0.05) is 24.9 Å². The molecule has 0 spiro atoms. The molecule has 15 heavy (non-hydrogen) atoms. The first kappa shape index (κ1) is 12.0. The minimum absolute atomic E-state index is 0.101. The van der Waals surface area contributed by atoms with Gasteiger partial charge in [0.25, 0.3) is 0 Å². The van der Waals surface area contributed by atoms with E-state index in [2.05, 4.69) is 19.9 Å². The van der Waals surface area contributed by atoms with Crippen molar-refractivity contribution in [2.24, 2.45) is 17.8 Å². The van der Waals surface area contributed by atoms with E-state index in [1.165, 1.54) is 0 Å². The molecule has 1 atom stereocenters. The molecule has 84 valence electrons. The van der Waals surface area contributed by atoms with Crippen LogP contribution in [0, 0.1) is 29.1 Å². The fraction of sp³-hybridized carbons (Fsp3) is 0.833. The van der Waals surface area contributed by atoms with E-state index in [0.29, 0.717) is 5.92 Å². The highest BCUT2D eigenvalue weighted by Crippen LogP contribution is 2.20. The smallest absolute Gasteiger partial charge is 0.225 e. The van der Waals surface area contributed by atoms with Crippen LogP contribution in [0.2, 0.25) is 0 Å². The predicted octanol–water partition coefficient (Wildman–Crippen LogP) is 2.04. The lowest BCUT2D eigenvalue weighted by Crippen LogP contribution is -2.42. The molecule has 3 nitrogen and oxygen atoms in total. The standard InChI is InChI=1S/C12H20N2O/c1-9(2)10(3)12(15)14-6-4-11(8-13)5-7-14/h9-11H,4-7H2,1-3H3. The first-order valence-corrected chi connectivity index (χ1v) is 5.74. The SMILES string of the molecule is CC(C)C(C)C(=O)N1CCC(C#N)CC1. The van der Waals surface area contributed by atoms with Crippen LogP contribution in [0.25, 0.3) is 0 Å². The summed E-state index contributed by atoms with van der Waals surface area (Å²) in [6.07, 6.45) is 1.68. The second-order valence-corrected chi connectivity index (χ2v) is 4.76.